The quantitative estimate of drug-likeness (QED) is 0.806. The Morgan fingerprint density at radius 3 is 2.58 bits per heavy atom. The zero-order valence-electron chi connectivity index (χ0n) is 12.3. The summed E-state index contributed by atoms with van der Waals surface area (Å²) in [4.78, 5) is 26.9. The van der Waals surface area contributed by atoms with E-state index in [9.17, 15) is 9.59 Å². The third-order valence-corrected chi connectivity index (χ3v) is 3.15. The summed E-state index contributed by atoms with van der Waals surface area (Å²) in [6.45, 7) is 6.78. The zero-order chi connectivity index (χ0) is 14.6. The van der Waals surface area contributed by atoms with E-state index in [-0.39, 0.29) is 24.6 Å². The standard InChI is InChI=1S/C13H25N3O3/c1-13(2,3)19-12(18)15(4)10-6-5-7-16(9-10)11(17)8-14/h10H,5-9,14H2,1-4H3. The van der Waals surface area contributed by atoms with Crippen molar-refractivity contribution in [3.63, 3.8) is 0 Å². The molecule has 1 atom stereocenters. The van der Waals surface area contributed by atoms with Crippen LogP contribution in [0.15, 0.2) is 0 Å². The largest absolute Gasteiger partial charge is 0.444 e. The monoisotopic (exact) mass is 271 g/mol. The Labute approximate surface area is 114 Å². The molecule has 0 aromatic carbocycles. The molecule has 1 fully saturated rings. The van der Waals surface area contributed by atoms with Crippen LogP contribution in [-0.2, 0) is 9.53 Å². The van der Waals surface area contributed by atoms with Crippen molar-refractivity contribution in [3.8, 4) is 0 Å². The molecule has 6 heteroatoms. The molecule has 1 heterocycles. The van der Waals surface area contributed by atoms with Crippen molar-refractivity contribution in [2.24, 2.45) is 5.73 Å². The molecule has 0 aromatic heterocycles. The van der Waals surface area contributed by atoms with E-state index in [2.05, 4.69) is 0 Å². The van der Waals surface area contributed by atoms with Gasteiger partial charge in [-0.2, -0.15) is 0 Å². The van der Waals surface area contributed by atoms with Gasteiger partial charge in [0, 0.05) is 20.1 Å². The molecule has 0 saturated carbocycles. The fourth-order valence-electron chi connectivity index (χ4n) is 2.11. The van der Waals surface area contributed by atoms with Gasteiger partial charge in [0.15, 0.2) is 0 Å². The van der Waals surface area contributed by atoms with Gasteiger partial charge in [0.1, 0.15) is 5.60 Å². The van der Waals surface area contributed by atoms with E-state index < -0.39 is 5.60 Å². The van der Waals surface area contributed by atoms with Crippen molar-refractivity contribution in [3.05, 3.63) is 0 Å². The fourth-order valence-corrected chi connectivity index (χ4v) is 2.11. The highest BCUT2D eigenvalue weighted by Crippen LogP contribution is 2.17. The van der Waals surface area contributed by atoms with Crippen LogP contribution in [0.1, 0.15) is 33.6 Å². The Kier molecular flexibility index (Phi) is 5.17. The highest BCUT2D eigenvalue weighted by molar-refractivity contribution is 5.78. The second kappa shape index (κ2) is 6.23. The second-order valence-corrected chi connectivity index (χ2v) is 5.93. The third-order valence-electron chi connectivity index (χ3n) is 3.15. The topological polar surface area (TPSA) is 75.9 Å². The molecule has 1 rings (SSSR count). The number of hydrogen-bond acceptors (Lipinski definition) is 4. The first kappa shape index (κ1) is 15.8. The first-order valence-electron chi connectivity index (χ1n) is 6.68. The zero-order valence-corrected chi connectivity index (χ0v) is 12.3. The van der Waals surface area contributed by atoms with E-state index in [1.165, 1.54) is 0 Å². The predicted octanol–water partition coefficient (Wildman–Crippen LogP) is 0.803. The number of piperidine rings is 1. The van der Waals surface area contributed by atoms with Crippen LogP contribution in [0, 0.1) is 0 Å². The lowest BCUT2D eigenvalue weighted by Crippen LogP contribution is -2.52. The summed E-state index contributed by atoms with van der Waals surface area (Å²) in [5.74, 6) is -0.0673. The molecule has 0 aromatic rings. The van der Waals surface area contributed by atoms with E-state index in [1.807, 2.05) is 20.8 Å². The Hall–Kier alpha value is -1.30. The Balaban J connectivity index is 2.59. The maximum absolute atomic E-state index is 12.0. The molecule has 2 amide bonds. The van der Waals surface area contributed by atoms with Crippen LogP contribution in [0.5, 0.6) is 0 Å². The van der Waals surface area contributed by atoms with Gasteiger partial charge in [-0.15, -0.1) is 0 Å². The number of nitrogens with zero attached hydrogens (tertiary/aromatic N) is 2. The molecule has 110 valence electrons. The van der Waals surface area contributed by atoms with Crippen molar-refractivity contribution in [1.82, 2.24) is 9.80 Å². The van der Waals surface area contributed by atoms with Crippen LogP contribution in [-0.4, -0.2) is 60.1 Å². The van der Waals surface area contributed by atoms with E-state index in [0.29, 0.717) is 13.1 Å². The number of rotatable bonds is 2. The van der Waals surface area contributed by atoms with Gasteiger partial charge in [-0.1, -0.05) is 0 Å². The summed E-state index contributed by atoms with van der Waals surface area (Å²) in [7, 11) is 1.72. The van der Waals surface area contributed by atoms with Gasteiger partial charge in [0.05, 0.1) is 12.6 Å². The van der Waals surface area contributed by atoms with Crippen molar-refractivity contribution in [1.29, 1.82) is 0 Å². The molecule has 1 aliphatic rings. The Morgan fingerprint density at radius 1 is 1.42 bits per heavy atom. The fraction of sp³-hybridized carbons (Fsp3) is 0.846. The normalized spacial score (nSPS) is 20.1. The van der Waals surface area contributed by atoms with Crippen LogP contribution in [0.3, 0.4) is 0 Å². The van der Waals surface area contributed by atoms with Gasteiger partial charge in [0.25, 0.3) is 0 Å². The van der Waals surface area contributed by atoms with Crippen LogP contribution >= 0.6 is 0 Å². The van der Waals surface area contributed by atoms with Gasteiger partial charge >= 0.3 is 6.09 Å². The van der Waals surface area contributed by atoms with E-state index in [0.717, 1.165) is 12.8 Å². The van der Waals surface area contributed by atoms with Gasteiger partial charge in [0.2, 0.25) is 5.91 Å². The third kappa shape index (κ3) is 4.70. The minimum absolute atomic E-state index is 0.000833. The van der Waals surface area contributed by atoms with Gasteiger partial charge in [-0.05, 0) is 33.6 Å². The van der Waals surface area contributed by atoms with E-state index in [4.69, 9.17) is 10.5 Å². The Morgan fingerprint density at radius 2 is 2.05 bits per heavy atom. The molecular formula is C13H25N3O3. The summed E-state index contributed by atoms with van der Waals surface area (Å²) in [5.41, 5.74) is 4.86. The Bertz CT molecular complexity index is 339. The smallest absolute Gasteiger partial charge is 0.410 e. The lowest BCUT2D eigenvalue weighted by atomic mass is 10.0. The number of ether oxygens (including phenoxy) is 1. The van der Waals surface area contributed by atoms with Crippen LogP contribution in [0.4, 0.5) is 4.79 Å². The molecule has 1 aliphatic heterocycles. The number of likely N-dealkylation sites (tertiary alicyclic amines) is 1. The number of hydrogen-bond donors (Lipinski definition) is 1. The summed E-state index contributed by atoms with van der Waals surface area (Å²) in [6, 6.07) is -0.000833. The summed E-state index contributed by atoms with van der Waals surface area (Å²) in [5, 5.41) is 0. The highest BCUT2D eigenvalue weighted by atomic mass is 16.6. The minimum Gasteiger partial charge on any atom is -0.444 e. The van der Waals surface area contributed by atoms with Crippen molar-refractivity contribution < 1.29 is 14.3 Å². The average molecular weight is 271 g/mol. The molecule has 0 spiro atoms. The van der Waals surface area contributed by atoms with E-state index >= 15 is 0 Å². The first-order chi connectivity index (χ1) is 8.74. The molecule has 19 heavy (non-hydrogen) atoms. The summed E-state index contributed by atoms with van der Waals surface area (Å²) >= 11 is 0. The highest BCUT2D eigenvalue weighted by Gasteiger charge is 2.30. The number of nitrogens with two attached hydrogens (primary N) is 1. The minimum atomic E-state index is -0.507. The lowest BCUT2D eigenvalue weighted by molar-refractivity contribution is -0.131. The lowest BCUT2D eigenvalue weighted by Gasteiger charge is -2.38. The van der Waals surface area contributed by atoms with Crippen molar-refractivity contribution >= 4 is 12.0 Å². The number of amides is 2. The number of carbonyl (C=O) groups excluding carboxylic acids is 2. The molecule has 0 aliphatic carbocycles. The SMILES string of the molecule is CN(C(=O)OC(C)(C)C)C1CCCN(C(=O)CN)C1. The van der Waals surface area contributed by atoms with Gasteiger partial charge in [-0.25, -0.2) is 4.79 Å². The van der Waals surface area contributed by atoms with Crippen molar-refractivity contribution in [2.75, 3.05) is 26.7 Å². The summed E-state index contributed by atoms with van der Waals surface area (Å²) in [6.07, 6.45) is 1.41. The maximum Gasteiger partial charge on any atom is 0.410 e. The predicted molar refractivity (Wildman–Crippen MR) is 72.7 cm³/mol. The average Bonchev–Trinajstić information content (AvgIpc) is 2.35. The van der Waals surface area contributed by atoms with Crippen LogP contribution in [0.25, 0.3) is 0 Å². The second-order valence-electron chi connectivity index (χ2n) is 5.93. The van der Waals surface area contributed by atoms with Crippen LogP contribution in [0.2, 0.25) is 0 Å². The van der Waals surface area contributed by atoms with Crippen molar-refractivity contribution in [2.45, 2.75) is 45.3 Å². The van der Waals surface area contributed by atoms with Gasteiger partial charge in [-0.3, -0.25) is 4.79 Å². The molecule has 1 saturated heterocycles. The molecule has 0 radical (unpaired) electrons. The maximum atomic E-state index is 12.0. The summed E-state index contributed by atoms with van der Waals surface area (Å²) < 4.78 is 5.33. The van der Waals surface area contributed by atoms with Crippen LogP contribution < -0.4 is 5.73 Å². The van der Waals surface area contributed by atoms with Gasteiger partial charge < -0.3 is 20.3 Å². The molecule has 0 bridgehead atoms. The number of carbonyl (C=O) groups is 2. The first-order valence-corrected chi connectivity index (χ1v) is 6.68. The van der Waals surface area contributed by atoms with E-state index in [1.54, 1.807) is 16.8 Å². The molecule has 1 unspecified atom stereocenters. The number of likely N-dealkylation sites (N-methyl/N-ethyl adjacent to an activating group) is 1. The molecule has 6 nitrogen and oxygen atoms in total. The molecular weight excluding hydrogens is 246 g/mol. The molecule has 2 N–H and O–H groups in total.